The van der Waals surface area contributed by atoms with Crippen LogP contribution in [0.15, 0.2) is 22.8 Å². The average molecular weight is 300 g/mol. The zero-order valence-corrected chi connectivity index (χ0v) is 11.1. The standard InChI is InChI=1S/C11H14BrN3O2/c1-11(6-13-7-11)17-5-10(16)15-9-3-2-8(12)4-14-9/h2-4,13H,5-7H2,1H3,(H,14,15,16). The fourth-order valence-electron chi connectivity index (χ4n) is 1.45. The molecule has 1 saturated heterocycles. The van der Waals surface area contributed by atoms with E-state index in [0.29, 0.717) is 5.82 Å². The fraction of sp³-hybridized carbons (Fsp3) is 0.455. The Morgan fingerprint density at radius 3 is 2.94 bits per heavy atom. The zero-order valence-electron chi connectivity index (χ0n) is 9.50. The Morgan fingerprint density at radius 2 is 2.41 bits per heavy atom. The Balaban J connectivity index is 1.79. The largest absolute Gasteiger partial charge is 0.363 e. The molecule has 0 radical (unpaired) electrons. The number of carbonyl (C=O) groups is 1. The number of hydrogen-bond donors (Lipinski definition) is 2. The fourth-order valence-corrected chi connectivity index (χ4v) is 1.68. The van der Waals surface area contributed by atoms with E-state index in [1.54, 1.807) is 12.3 Å². The molecular weight excluding hydrogens is 286 g/mol. The summed E-state index contributed by atoms with van der Waals surface area (Å²) < 4.78 is 6.39. The van der Waals surface area contributed by atoms with Crippen LogP contribution in [0.1, 0.15) is 6.92 Å². The van der Waals surface area contributed by atoms with Crippen LogP contribution in [-0.2, 0) is 9.53 Å². The molecule has 0 bridgehead atoms. The van der Waals surface area contributed by atoms with Crippen LogP contribution in [0.4, 0.5) is 5.82 Å². The minimum Gasteiger partial charge on any atom is -0.363 e. The van der Waals surface area contributed by atoms with Crippen molar-refractivity contribution in [3.8, 4) is 0 Å². The van der Waals surface area contributed by atoms with Crippen LogP contribution in [0.5, 0.6) is 0 Å². The number of amides is 1. The summed E-state index contributed by atoms with van der Waals surface area (Å²) in [7, 11) is 0. The van der Waals surface area contributed by atoms with Crippen molar-refractivity contribution in [3.05, 3.63) is 22.8 Å². The predicted molar refractivity (Wildman–Crippen MR) is 67.8 cm³/mol. The Morgan fingerprint density at radius 1 is 1.65 bits per heavy atom. The lowest BCUT2D eigenvalue weighted by atomic mass is 10.0. The van der Waals surface area contributed by atoms with Crippen molar-refractivity contribution in [2.45, 2.75) is 12.5 Å². The first kappa shape index (κ1) is 12.5. The molecule has 0 saturated carbocycles. The van der Waals surface area contributed by atoms with E-state index in [4.69, 9.17) is 4.74 Å². The number of ether oxygens (including phenoxy) is 1. The Kier molecular flexibility index (Phi) is 3.76. The smallest absolute Gasteiger partial charge is 0.251 e. The van der Waals surface area contributed by atoms with Gasteiger partial charge in [-0.1, -0.05) is 0 Å². The highest BCUT2D eigenvalue weighted by molar-refractivity contribution is 9.10. The molecule has 1 aromatic heterocycles. The maximum absolute atomic E-state index is 11.6. The molecule has 2 N–H and O–H groups in total. The van der Waals surface area contributed by atoms with E-state index in [1.807, 2.05) is 13.0 Å². The minimum atomic E-state index is -0.204. The molecule has 1 fully saturated rings. The SMILES string of the molecule is CC1(OCC(=O)Nc2ccc(Br)cn2)CNC1. The molecule has 2 rings (SSSR count). The molecule has 0 aliphatic carbocycles. The lowest BCUT2D eigenvalue weighted by molar-refractivity contribution is -0.130. The quantitative estimate of drug-likeness (QED) is 0.876. The van der Waals surface area contributed by atoms with E-state index in [9.17, 15) is 4.79 Å². The van der Waals surface area contributed by atoms with Gasteiger partial charge in [0.2, 0.25) is 0 Å². The van der Waals surface area contributed by atoms with Crippen molar-refractivity contribution < 1.29 is 9.53 Å². The highest BCUT2D eigenvalue weighted by Crippen LogP contribution is 2.15. The van der Waals surface area contributed by atoms with Gasteiger partial charge in [-0.15, -0.1) is 0 Å². The summed E-state index contributed by atoms with van der Waals surface area (Å²) in [6, 6.07) is 3.55. The first-order valence-electron chi connectivity index (χ1n) is 5.33. The van der Waals surface area contributed by atoms with E-state index < -0.39 is 0 Å². The summed E-state index contributed by atoms with van der Waals surface area (Å²) in [5.41, 5.74) is -0.204. The van der Waals surface area contributed by atoms with Gasteiger partial charge < -0.3 is 15.4 Å². The van der Waals surface area contributed by atoms with Gasteiger partial charge in [0.25, 0.3) is 5.91 Å². The van der Waals surface area contributed by atoms with Gasteiger partial charge in [0.15, 0.2) is 0 Å². The second-order valence-electron chi connectivity index (χ2n) is 4.25. The molecule has 0 unspecified atom stereocenters. The summed E-state index contributed by atoms with van der Waals surface area (Å²) in [5.74, 6) is 0.339. The van der Waals surface area contributed by atoms with Crippen LogP contribution >= 0.6 is 15.9 Å². The van der Waals surface area contributed by atoms with Crippen molar-refractivity contribution in [1.29, 1.82) is 0 Å². The van der Waals surface area contributed by atoms with Gasteiger partial charge in [0, 0.05) is 23.8 Å². The molecular formula is C11H14BrN3O2. The molecule has 92 valence electrons. The second-order valence-corrected chi connectivity index (χ2v) is 5.17. The third-order valence-electron chi connectivity index (χ3n) is 2.54. The van der Waals surface area contributed by atoms with Gasteiger partial charge in [0.05, 0.1) is 5.60 Å². The number of aromatic nitrogens is 1. The lowest BCUT2D eigenvalue weighted by Crippen LogP contribution is -2.59. The molecule has 6 heteroatoms. The van der Waals surface area contributed by atoms with E-state index in [2.05, 4.69) is 31.5 Å². The van der Waals surface area contributed by atoms with E-state index in [1.165, 1.54) is 0 Å². The monoisotopic (exact) mass is 299 g/mol. The summed E-state index contributed by atoms with van der Waals surface area (Å²) in [6.45, 7) is 3.61. The van der Waals surface area contributed by atoms with Crippen molar-refractivity contribution in [3.63, 3.8) is 0 Å². The lowest BCUT2D eigenvalue weighted by Gasteiger charge is -2.38. The Labute approximate surface area is 108 Å². The van der Waals surface area contributed by atoms with Gasteiger partial charge in [-0.05, 0) is 35.0 Å². The van der Waals surface area contributed by atoms with Crippen LogP contribution in [0.2, 0.25) is 0 Å². The number of halogens is 1. The molecule has 1 aromatic rings. The molecule has 17 heavy (non-hydrogen) atoms. The molecule has 1 aliphatic rings. The van der Waals surface area contributed by atoms with Crippen LogP contribution in [0.3, 0.4) is 0 Å². The summed E-state index contributed by atoms with van der Waals surface area (Å²) in [4.78, 5) is 15.6. The zero-order chi connectivity index (χ0) is 12.3. The van der Waals surface area contributed by atoms with E-state index >= 15 is 0 Å². The number of nitrogens with zero attached hydrogens (tertiary/aromatic N) is 1. The molecule has 5 nitrogen and oxygen atoms in total. The van der Waals surface area contributed by atoms with Gasteiger partial charge in [-0.3, -0.25) is 4.79 Å². The molecule has 1 amide bonds. The number of anilines is 1. The van der Waals surface area contributed by atoms with Gasteiger partial charge >= 0.3 is 0 Å². The molecule has 0 atom stereocenters. The topological polar surface area (TPSA) is 63.2 Å². The average Bonchev–Trinajstić information content (AvgIpc) is 2.27. The van der Waals surface area contributed by atoms with Crippen molar-refractivity contribution in [2.24, 2.45) is 0 Å². The maximum Gasteiger partial charge on any atom is 0.251 e. The molecule has 0 aromatic carbocycles. The maximum atomic E-state index is 11.6. The molecule has 2 heterocycles. The molecule has 0 spiro atoms. The first-order chi connectivity index (χ1) is 8.07. The van der Waals surface area contributed by atoms with Gasteiger partial charge in [-0.25, -0.2) is 4.98 Å². The van der Waals surface area contributed by atoms with Crippen LogP contribution < -0.4 is 10.6 Å². The van der Waals surface area contributed by atoms with Crippen LogP contribution in [-0.4, -0.2) is 36.2 Å². The van der Waals surface area contributed by atoms with Crippen molar-refractivity contribution in [2.75, 3.05) is 25.0 Å². The first-order valence-corrected chi connectivity index (χ1v) is 6.13. The number of carbonyl (C=O) groups excluding carboxylic acids is 1. The highest BCUT2D eigenvalue weighted by Gasteiger charge is 2.32. The number of hydrogen-bond acceptors (Lipinski definition) is 4. The van der Waals surface area contributed by atoms with Gasteiger partial charge in [0.1, 0.15) is 12.4 Å². The predicted octanol–water partition coefficient (Wildman–Crippen LogP) is 1.16. The van der Waals surface area contributed by atoms with E-state index in [-0.39, 0.29) is 18.1 Å². The van der Waals surface area contributed by atoms with Crippen molar-refractivity contribution in [1.82, 2.24) is 10.3 Å². The number of nitrogens with one attached hydrogen (secondary N) is 2. The van der Waals surface area contributed by atoms with Crippen LogP contribution in [0.25, 0.3) is 0 Å². The van der Waals surface area contributed by atoms with E-state index in [0.717, 1.165) is 17.6 Å². The third-order valence-corrected chi connectivity index (χ3v) is 3.01. The second kappa shape index (κ2) is 5.12. The van der Waals surface area contributed by atoms with Crippen LogP contribution in [0, 0.1) is 0 Å². The Hall–Kier alpha value is -0.980. The van der Waals surface area contributed by atoms with Gasteiger partial charge in [-0.2, -0.15) is 0 Å². The summed E-state index contributed by atoms with van der Waals surface area (Å²) in [5, 5.41) is 5.78. The highest BCUT2D eigenvalue weighted by atomic mass is 79.9. The number of pyridine rings is 1. The summed E-state index contributed by atoms with van der Waals surface area (Å²) >= 11 is 3.28. The Bertz CT molecular complexity index is 404. The van der Waals surface area contributed by atoms with Crippen molar-refractivity contribution >= 4 is 27.7 Å². The summed E-state index contributed by atoms with van der Waals surface area (Å²) in [6.07, 6.45) is 1.63. The minimum absolute atomic E-state index is 0.0515. The molecule has 1 aliphatic heterocycles. The third kappa shape index (κ3) is 3.49. The normalized spacial score (nSPS) is 17.3. The number of rotatable bonds is 4.